The Morgan fingerprint density at radius 3 is 2.39 bits per heavy atom. The molecular formula is C22H24ClNO4. The number of aryl methyl sites for hydroxylation is 1. The van der Waals surface area contributed by atoms with Gasteiger partial charge in [0.1, 0.15) is 19.0 Å². The molecule has 148 valence electrons. The maximum atomic E-state index is 12.6. The first-order valence-electron chi connectivity index (χ1n) is 9.44. The van der Waals surface area contributed by atoms with Gasteiger partial charge >= 0.3 is 5.97 Å². The summed E-state index contributed by atoms with van der Waals surface area (Å²) in [6.45, 7) is 3.55. The molecule has 2 aromatic rings. The summed E-state index contributed by atoms with van der Waals surface area (Å²) in [5.41, 5.74) is 1.69. The number of piperidine rings is 1. The third-order valence-corrected chi connectivity index (χ3v) is 5.15. The Balaban J connectivity index is 1.39. The maximum absolute atomic E-state index is 12.6. The molecule has 0 unspecified atom stereocenters. The van der Waals surface area contributed by atoms with E-state index >= 15 is 0 Å². The molecule has 1 aliphatic heterocycles. The smallest absolute Gasteiger partial charge is 0.309 e. The van der Waals surface area contributed by atoms with Crippen molar-refractivity contribution >= 4 is 23.5 Å². The van der Waals surface area contributed by atoms with Gasteiger partial charge in [-0.1, -0.05) is 29.8 Å². The van der Waals surface area contributed by atoms with Gasteiger partial charge in [-0.25, -0.2) is 0 Å². The quantitative estimate of drug-likeness (QED) is 0.539. The fourth-order valence-corrected chi connectivity index (χ4v) is 3.38. The van der Waals surface area contributed by atoms with Crippen molar-refractivity contribution in [3.8, 4) is 5.75 Å². The average Bonchev–Trinajstić information content (AvgIpc) is 2.72. The minimum absolute atomic E-state index is 0.0290. The first-order chi connectivity index (χ1) is 13.5. The van der Waals surface area contributed by atoms with Gasteiger partial charge in [0.05, 0.1) is 5.92 Å². The number of likely N-dealkylation sites (tertiary alicyclic amines) is 1. The van der Waals surface area contributed by atoms with Crippen molar-refractivity contribution in [2.24, 2.45) is 5.92 Å². The molecule has 28 heavy (non-hydrogen) atoms. The molecular weight excluding hydrogens is 378 g/mol. The van der Waals surface area contributed by atoms with Crippen LogP contribution in [0.2, 0.25) is 5.02 Å². The molecule has 1 saturated heterocycles. The van der Waals surface area contributed by atoms with E-state index in [0.717, 1.165) is 11.1 Å². The Bertz CT molecular complexity index is 814. The van der Waals surface area contributed by atoms with Crippen LogP contribution in [0.25, 0.3) is 0 Å². The van der Waals surface area contributed by atoms with Gasteiger partial charge in [-0.05, 0) is 55.7 Å². The number of hydrogen-bond acceptors (Lipinski definition) is 4. The lowest BCUT2D eigenvalue weighted by atomic mass is 9.96. The number of amides is 1. The lowest BCUT2D eigenvalue weighted by Crippen LogP contribution is -2.41. The van der Waals surface area contributed by atoms with E-state index in [1.54, 1.807) is 24.3 Å². The van der Waals surface area contributed by atoms with Crippen molar-refractivity contribution in [3.63, 3.8) is 0 Å². The van der Waals surface area contributed by atoms with E-state index in [1.165, 1.54) is 0 Å². The van der Waals surface area contributed by atoms with Gasteiger partial charge < -0.3 is 14.4 Å². The molecule has 5 nitrogen and oxygen atoms in total. The molecule has 0 radical (unpaired) electrons. The monoisotopic (exact) mass is 401 g/mol. The van der Waals surface area contributed by atoms with Crippen molar-refractivity contribution in [1.82, 2.24) is 4.90 Å². The molecule has 1 fully saturated rings. The summed E-state index contributed by atoms with van der Waals surface area (Å²) >= 11 is 5.82. The first-order valence-corrected chi connectivity index (χ1v) is 9.82. The van der Waals surface area contributed by atoms with E-state index in [-0.39, 0.29) is 31.0 Å². The number of nitrogens with zero attached hydrogens (tertiary/aromatic N) is 1. The highest BCUT2D eigenvalue weighted by Crippen LogP contribution is 2.21. The van der Waals surface area contributed by atoms with E-state index in [2.05, 4.69) is 0 Å². The van der Waals surface area contributed by atoms with Gasteiger partial charge in [0.2, 0.25) is 0 Å². The van der Waals surface area contributed by atoms with Crippen LogP contribution in [0.5, 0.6) is 5.75 Å². The number of carbonyl (C=O) groups is 2. The fourth-order valence-electron chi connectivity index (χ4n) is 3.25. The Hall–Kier alpha value is -2.53. The van der Waals surface area contributed by atoms with Gasteiger partial charge in [-0.3, -0.25) is 9.59 Å². The van der Waals surface area contributed by atoms with E-state index in [4.69, 9.17) is 21.1 Å². The summed E-state index contributed by atoms with van der Waals surface area (Å²) in [6.07, 6.45) is 1.24. The number of hydrogen-bond donors (Lipinski definition) is 0. The average molecular weight is 402 g/mol. The summed E-state index contributed by atoms with van der Waals surface area (Å²) < 4.78 is 10.9. The lowest BCUT2D eigenvalue weighted by Gasteiger charge is -2.31. The fraction of sp³-hybridized carbons (Fsp3) is 0.364. The van der Waals surface area contributed by atoms with Gasteiger partial charge in [-0.2, -0.15) is 0 Å². The van der Waals surface area contributed by atoms with Crippen molar-refractivity contribution in [1.29, 1.82) is 0 Å². The predicted molar refractivity (Wildman–Crippen MR) is 108 cm³/mol. The summed E-state index contributed by atoms with van der Waals surface area (Å²) in [5, 5.41) is 0.644. The van der Waals surface area contributed by atoms with Gasteiger partial charge in [-0.15, -0.1) is 0 Å². The lowest BCUT2D eigenvalue weighted by molar-refractivity contribution is -0.150. The number of rotatable bonds is 6. The minimum atomic E-state index is -0.220. The number of carbonyl (C=O) groups excluding carboxylic acids is 2. The van der Waals surface area contributed by atoms with E-state index in [0.29, 0.717) is 36.7 Å². The molecule has 0 aliphatic carbocycles. The van der Waals surface area contributed by atoms with Crippen molar-refractivity contribution < 1.29 is 19.1 Å². The number of ether oxygens (including phenoxy) is 2. The SMILES string of the molecule is Cc1ccccc1C(=O)N1CCC(C(=O)OCCOc2ccc(Cl)cc2)CC1. The van der Waals surface area contributed by atoms with Crippen LogP contribution in [0.3, 0.4) is 0 Å². The third-order valence-electron chi connectivity index (χ3n) is 4.90. The molecule has 0 bridgehead atoms. The van der Waals surface area contributed by atoms with Crippen molar-refractivity contribution in [2.75, 3.05) is 26.3 Å². The van der Waals surface area contributed by atoms with Crippen LogP contribution < -0.4 is 4.74 Å². The van der Waals surface area contributed by atoms with E-state index in [9.17, 15) is 9.59 Å². The Labute approximate surface area is 170 Å². The summed E-state index contributed by atoms with van der Waals surface area (Å²) in [4.78, 5) is 26.7. The van der Waals surface area contributed by atoms with E-state index in [1.807, 2.05) is 36.1 Å². The molecule has 0 aromatic heterocycles. The Kier molecular flexibility index (Phi) is 6.93. The maximum Gasteiger partial charge on any atom is 0.309 e. The zero-order chi connectivity index (χ0) is 19.9. The van der Waals surface area contributed by atoms with Gasteiger partial charge in [0.25, 0.3) is 5.91 Å². The minimum Gasteiger partial charge on any atom is -0.490 e. The molecule has 1 aliphatic rings. The van der Waals surface area contributed by atoms with Crippen LogP contribution >= 0.6 is 11.6 Å². The van der Waals surface area contributed by atoms with Crippen LogP contribution in [-0.2, 0) is 9.53 Å². The molecule has 0 saturated carbocycles. The second kappa shape index (κ2) is 9.60. The highest BCUT2D eigenvalue weighted by Gasteiger charge is 2.29. The molecule has 0 spiro atoms. The Morgan fingerprint density at radius 2 is 1.71 bits per heavy atom. The normalized spacial score (nSPS) is 14.6. The van der Waals surface area contributed by atoms with Gasteiger partial charge in [0, 0.05) is 23.7 Å². The summed E-state index contributed by atoms with van der Waals surface area (Å²) in [6, 6.07) is 14.6. The molecule has 2 aromatic carbocycles. The number of benzene rings is 2. The second-order valence-corrected chi connectivity index (χ2v) is 7.29. The zero-order valence-electron chi connectivity index (χ0n) is 15.9. The highest BCUT2D eigenvalue weighted by atomic mass is 35.5. The van der Waals surface area contributed by atoms with E-state index < -0.39 is 0 Å². The van der Waals surface area contributed by atoms with Crippen LogP contribution in [0, 0.1) is 12.8 Å². The van der Waals surface area contributed by atoms with Crippen molar-refractivity contribution in [2.45, 2.75) is 19.8 Å². The standard InChI is InChI=1S/C22H24ClNO4/c1-16-4-2-3-5-20(16)21(25)24-12-10-17(11-13-24)22(26)28-15-14-27-19-8-6-18(23)7-9-19/h2-9,17H,10-15H2,1H3. The second-order valence-electron chi connectivity index (χ2n) is 6.85. The van der Waals surface area contributed by atoms with Crippen LogP contribution in [0.4, 0.5) is 0 Å². The molecule has 1 amide bonds. The molecule has 1 heterocycles. The molecule has 6 heteroatoms. The zero-order valence-corrected chi connectivity index (χ0v) is 16.7. The largest absolute Gasteiger partial charge is 0.490 e. The third kappa shape index (κ3) is 5.26. The van der Waals surface area contributed by atoms with Crippen LogP contribution in [-0.4, -0.2) is 43.1 Å². The summed E-state index contributed by atoms with van der Waals surface area (Å²) in [5.74, 6) is 0.323. The van der Waals surface area contributed by atoms with Crippen LogP contribution in [0.1, 0.15) is 28.8 Å². The number of halogens is 1. The summed E-state index contributed by atoms with van der Waals surface area (Å²) in [7, 11) is 0. The Morgan fingerprint density at radius 1 is 1.04 bits per heavy atom. The van der Waals surface area contributed by atoms with Crippen LogP contribution in [0.15, 0.2) is 48.5 Å². The molecule has 0 N–H and O–H groups in total. The topological polar surface area (TPSA) is 55.8 Å². The first kappa shape index (κ1) is 20.2. The van der Waals surface area contributed by atoms with Crippen molar-refractivity contribution in [3.05, 3.63) is 64.7 Å². The highest BCUT2D eigenvalue weighted by molar-refractivity contribution is 6.30. The van der Waals surface area contributed by atoms with Gasteiger partial charge in [0.15, 0.2) is 0 Å². The number of esters is 1. The molecule has 0 atom stereocenters. The predicted octanol–water partition coefficient (Wildman–Crippen LogP) is 4.12. The molecule has 3 rings (SSSR count).